The number of anilines is 1. The van der Waals surface area contributed by atoms with Crippen LogP contribution in [0.2, 0.25) is 0 Å². The van der Waals surface area contributed by atoms with Crippen molar-refractivity contribution in [2.24, 2.45) is 0 Å². The fourth-order valence-electron chi connectivity index (χ4n) is 3.28. The smallest absolute Gasteiger partial charge is 0.255 e. The molecule has 0 aliphatic rings. The molecule has 0 bridgehead atoms. The van der Waals surface area contributed by atoms with E-state index in [1.807, 2.05) is 62.4 Å². The lowest BCUT2D eigenvalue weighted by molar-refractivity contribution is 0.102. The number of ether oxygens (including phenoxy) is 2. The van der Waals surface area contributed by atoms with Crippen LogP contribution in [0.5, 0.6) is 11.5 Å². The van der Waals surface area contributed by atoms with Gasteiger partial charge in [-0.15, -0.1) is 10.2 Å². The zero-order valence-corrected chi connectivity index (χ0v) is 18.5. The highest BCUT2D eigenvalue weighted by Crippen LogP contribution is 2.24. The quantitative estimate of drug-likeness (QED) is 0.417. The van der Waals surface area contributed by atoms with Gasteiger partial charge >= 0.3 is 0 Å². The van der Waals surface area contributed by atoms with Crippen LogP contribution in [0, 0.1) is 6.92 Å². The average Bonchev–Trinajstić information content (AvgIpc) is 3.21. The van der Waals surface area contributed by atoms with E-state index in [1.54, 1.807) is 16.9 Å². The van der Waals surface area contributed by atoms with Gasteiger partial charge in [-0.2, -0.15) is 4.80 Å². The summed E-state index contributed by atoms with van der Waals surface area (Å²) in [6, 6.07) is 18.5. The van der Waals surface area contributed by atoms with Crippen molar-refractivity contribution in [3.8, 4) is 17.2 Å². The first kappa shape index (κ1) is 21.4. The van der Waals surface area contributed by atoms with Gasteiger partial charge in [0.1, 0.15) is 22.5 Å². The van der Waals surface area contributed by atoms with Gasteiger partial charge in [0.15, 0.2) is 0 Å². The average molecular weight is 431 g/mol. The molecule has 1 aromatic heterocycles. The van der Waals surface area contributed by atoms with Gasteiger partial charge < -0.3 is 14.8 Å². The molecule has 7 heteroatoms. The van der Waals surface area contributed by atoms with E-state index >= 15 is 0 Å². The number of benzene rings is 3. The summed E-state index contributed by atoms with van der Waals surface area (Å²) in [6.45, 7) is 7.21. The number of hydrogen-bond donors (Lipinski definition) is 1. The molecule has 0 aliphatic carbocycles. The molecular weight excluding hydrogens is 404 g/mol. The highest BCUT2D eigenvalue weighted by molar-refractivity contribution is 6.05. The second kappa shape index (κ2) is 9.51. The third-order valence-electron chi connectivity index (χ3n) is 4.94. The summed E-state index contributed by atoms with van der Waals surface area (Å²) in [5, 5.41) is 12.1. The van der Waals surface area contributed by atoms with Crippen LogP contribution in [0.25, 0.3) is 16.7 Å². The standard InChI is InChI=1S/C25H26N4O3/c1-4-14-32-21-10-6-18(7-11-21)25(30)26-22-16-24-23(15-17(22)3)27-29(28-24)19-8-12-20(13-9-19)31-5-2/h6-13,15-16H,4-5,14H2,1-3H3,(H,26,30). The second-order valence-corrected chi connectivity index (χ2v) is 7.40. The van der Waals surface area contributed by atoms with Crippen LogP contribution < -0.4 is 14.8 Å². The van der Waals surface area contributed by atoms with Crippen LogP contribution in [0.1, 0.15) is 36.2 Å². The zero-order chi connectivity index (χ0) is 22.5. The Hall–Kier alpha value is -3.87. The summed E-state index contributed by atoms with van der Waals surface area (Å²) in [5.41, 5.74) is 4.46. The van der Waals surface area contributed by atoms with E-state index in [4.69, 9.17) is 9.47 Å². The summed E-state index contributed by atoms with van der Waals surface area (Å²) >= 11 is 0. The molecule has 3 aromatic carbocycles. The first-order chi connectivity index (χ1) is 15.6. The van der Waals surface area contributed by atoms with Gasteiger partial charge in [0, 0.05) is 11.3 Å². The van der Waals surface area contributed by atoms with Gasteiger partial charge in [-0.3, -0.25) is 4.79 Å². The maximum atomic E-state index is 12.7. The van der Waals surface area contributed by atoms with Crippen molar-refractivity contribution < 1.29 is 14.3 Å². The largest absolute Gasteiger partial charge is 0.494 e. The Morgan fingerprint density at radius 1 is 0.906 bits per heavy atom. The van der Waals surface area contributed by atoms with E-state index in [2.05, 4.69) is 22.4 Å². The van der Waals surface area contributed by atoms with Crippen molar-refractivity contribution in [2.45, 2.75) is 27.2 Å². The van der Waals surface area contributed by atoms with E-state index in [1.165, 1.54) is 0 Å². The molecule has 7 nitrogen and oxygen atoms in total. The molecule has 4 rings (SSSR count). The normalized spacial score (nSPS) is 10.8. The Kier molecular flexibility index (Phi) is 6.35. The molecule has 0 aliphatic heterocycles. The number of amides is 1. The Morgan fingerprint density at radius 3 is 2.19 bits per heavy atom. The van der Waals surface area contributed by atoms with Crippen LogP contribution in [0.3, 0.4) is 0 Å². The summed E-state index contributed by atoms with van der Waals surface area (Å²) in [6.07, 6.45) is 0.938. The van der Waals surface area contributed by atoms with E-state index in [9.17, 15) is 4.79 Å². The molecule has 1 N–H and O–H groups in total. The number of carbonyl (C=O) groups excluding carboxylic acids is 1. The molecule has 0 radical (unpaired) electrons. The van der Waals surface area contributed by atoms with Crippen LogP contribution in [0.15, 0.2) is 60.7 Å². The van der Waals surface area contributed by atoms with E-state index < -0.39 is 0 Å². The molecule has 0 unspecified atom stereocenters. The minimum Gasteiger partial charge on any atom is -0.494 e. The first-order valence-electron chi connectivity index (χ1n) is 10.7. The van der Waals surface area contributed by atoms with Gasteiger partial charge in [0.2, 0.25) is 0 Å². The summed E-state index contributed by atoms with van der Waals surface area (Å²) in [4.78, 5) is 14.3. The van der Waals surface area contributed by atoms with Gasteiger partial charge in [0.05, 0.1) is 18.9 Å². The van der Waals surface area contributed by atoms with Crippen molar-refractivity contribution in [2.75, 3.05) is 18.5 Å². The van der Waals surface area contributed by atoms with Gasteiger partial charge in [-0.1, -0.05) is 6.92 Å². The lowest BCUT2D eigenvalue weighted by atomic mass is 10.1. The van der Waals surface area contributed by atoms with Crippen LogP contribution in [-0.2, 0) is 0 Å². The van der Waals surface area contributed by atoms with Crippen LogP contribution in [-0.4, -0.2) is 34.1 Å². The third kappa shape index (κ3) is 4.72. The molecule has 4 aromatic rings. The number of hydrogen-bond acceptors (Lipinski definition) is 5. The Bertz CT molecular complexity index is 1210. The summed E-state index contributed by atoms with van der Waals surface area (Å²) < 4.78 is 11.1. The van der Waals surface area contributed by atoms with Crippen molar-refractivity contribution >= 4 is 22.6 Å². The SMILES string of the molecule is CCCOc1ccc(C(=O)Nc2cc3nn(-c4ccc(OCC)cc4)nc3cc2C)cc1. The molecule has 0 saturated heterocycles. The monoisotopic (exact) mass is 430 g/mol. The Balaban J connectivity index is 1.53. The Morgan fingerprint density at radius 2 is 1.53 bits per heavy atom. The van der Waals surface area contributed by atoms with E-state index in [-0.39, 0.29) is 5.91 Å². The zero-order valence-electron chi connectivity index (χ0n) is 18.5. The second-order valence-electron chi connectivity index (χ2n) is 7.40. The minimum absolute atomic E-state index is 0.187. The molecule has 0 spiro atoms. The third-order valence-corrected chi connectivity index (χ3v) is 4.94. The van der Waals surface area contributed by atoms with Gasteiger partial charge in [0.25, 0.3) is 5.91 Å². The van der Waals surface area contributed by atoms with E-state index in [0.29, 0.717) is 30.0 Å². The number of carbonyl (C=O) groups is 1. The molecular formula is C25H26N4O3. The molecule has 164 valence electrons. The highest BCUT2D eigenvalue weighted by Gasteiger charge is 2.12. The molecule has 1 amide bonds. The van der Waals surface area contributed by atoms with Crippen LogP contribution in [0.4, 0.5) is 5.69 Å². The molecule has 0 saturated carbocycles. The molecule has 32 heavy (non-hydrogen) atoms. The number of aromatic nitrogens is 3. The van der Waals surface area contributed by atoms with E-state index in [0.717, 1.165) is 34.7 Å². The summed E-state index contributed by atoms with van der Waals surface area (Å²) in [7, 11) is 0. The topological polar surface area (TPSA) is 78.3 Å². The van der Waals surface area contributed by atoms with Crippen molar-refractivity contribution in [3.63, 3.8) is 0 Å². The number of fused-ring (bicyclic) bond motifs is 1. The number of aryl methyl sites for hydroxylation is 1. The maximum Gasteiger partial charge on any atom is 0.255 e. The van der Waals surface area contributed by atoms with Gasteiger partial charge in [-0.05, 0) is 86.5 Å². The predicted molar refractivity (Wildman–Crippen MR) is 125 cm³/mol. The predicted octanol–water partition coefficient (Wildman–Crippen LogP) is 5.17. The number of rotatable bonds is 8. The van der Waals surface area contributed by atoms with Crippen molar-refractivity contribution in [3.05, 3.63) is 71.8 Å². The highest BCUT2D eigenvalue weighted by atomic mass is 16.5. The number of nitrogens with one attached hydrogen (secondary N) is 1. The van der Waals surface area contributed by atoms with Crippen LogP contribution >= 0.6 is 0 Å². The Labute approximate surface area is 187 Å². The van der Waals surface area contributed by atoms with Crippen molar-refractivity contribution in [1.82, 2.24) is 15.0 Å². The molecule has 0 atom stereocenters. The molecule has 0 fully saturated rings. The van der Waals surface area contributed by atoms with Gasteiger partial charge in [-0.25, -0.2) is 0 Å². The fraction of sp³-hybridized carbons (Fsp3) is 0.240. The maximum absolute atomic E-state index is 12.7. The summed E-state index contributed by atoms with van der Waals surface area (Å²) in [5.74, 6) is 1.37. The first-order valence-corrected chi connectivity index (χ1v) is 10.7. The minimum atomic E-state index is -0.187. The number of nitrogens with zero attached hydrogens (tertiary/aromatic N) is 3. The lowest BCUT2D eigenvalue weighted by Gasteiger charge is -2.09. The molecule has 1 heterocycles. The van der Waals surface area contributed by atoms with Crippen molar-refractivity contribution in [1.29, 1.82) is 0 Å². The fourth-order valence-corrected chi connectivity index (χ4v) is 3.28. The lowest BCUT2D eigenvalue weighted by Crippen LogP contribution is -2.12.